The second-order valence-corrected chi connectivity index (χ2v) is 7.60. The Balaban J connectivity index is 1.32. The molecule has 0 atom stereocenters. The Labute approximate surface area is 174 Å². The van der Waals surface area contributed by atoms with Gasteiger partial charge in [-0.1, -0.05) is 55.5 Å². The highest BCUT2D eigenvalue weighted by Gasteiger charge is 2.09. The van der Waals surface area contributed by atoms with E-state index in [-0.39, 0.29) is 12.3 Å². The molecular weight excluding hydrogens is 380 g/mol. The van der Waals surface area contributed by atoms with Gasteiger partial charge in [0.05, 0.1) is 18.7 Å². The number of thiazole rings is 1. The summed E-state index contributed by atoms with van der Waals surface area (Å²) in [6.07, 6.45) is 1.28. The molecule has 5 heteroatoms. The number of carbonyl (C=O) groups excluding carboxylic acids is 1. The summed E-state index contributed by atoms with van der Waals surface area (Å²) in [6.45, 7) is 2.45. The predicted octanol–water partition coefficient (Wildman–Crippen LogP) is 5.93. The highest BCUT2D eigenvalue weighted by atomic mass is 32.1. The third kappa shape index (κ3) is 4.81. The van der Waals surface area contributed by atoms with Gasteiger partial charge in [-0.05, 0) is 41.0 Å². The Morgan fingerprint density at radius 2 is 1.83 bits per heavy atom. The number of fused-ring (bicyclic) bond motifs is 1. The summed E-state index contributed by atoms with van der Waals surface area (Å²) in [5, 5.41) is 7.80. The monoisotopic (exact) mass is 402 g/mol. The van der Waals surface area contributed by atoms with Crippen LogP contribution < -0.4 is 10.1 Å². The van der Waals surface area contributed by atoms with Crippen LogP contribution >= 0.6 is 11.3 Å². The number of carbonyl (C=O) groups is 1. The van der Waals surface area contributed by atoms with Crippen molar-refractivity contribution >= 4 is 33.1 Å². The lowest BCUT2D eigenvalue weighted by Crippen LogP contribution is -2.15. The molecular formula is C24H22N2O2S. The minimum absolute atomic E-state index is 0.102. The largest absolute Gasteiger partial charge is 0.493 e. The molecule has 1 amide bonds. The van der Waals surface area contributed by atoms with Crippen molar-refractivity contribution in [2.24, 2.45) is 0 Å². The van der Waals surface area contributed by atoms with E-state index in [1.807, 2.05) is 41.8 Å². The molecule has 0 spiro atoms. The van der Waals surface area contributed by atoms with Crippen LogP contribution in [0.3, 0.4) is 0 Å². The molecule has 0 aliphatic heterocycles. The number of benzene rings is 3. The maximum Gasteiger partial charge on any atom is 0.229 e. The van der Waals surface area contributed by atoms with E-state index in [9.17, 15) is 4.79 Å². The predicted molar refractivity (Wildman–Crippen MR) is 120 cm³/mol. The lowest BCUT2D eigenvalue weighted by molar-refractivity contribution is -0.116. The number of hydrogen-bond acceptors (Lipinski definition) is 4. The van der Waals surface area contributed by atoms with Crippen LogP contribution in [0.25, 0.3) is 22.0 Å². The number of amides is 1. The second-order valence-electron chi connectivity index (χ2n) is 6.74. The van der Waals surface area contributed by atoms with Crippen LogP contribution in [0.4, 0.5) is 5.13 Å². The lowest BCUT2D eigenvalue weighted by Gasteiger charge is -2.06. The first-order valence-corrected chi connectivity index (χ1v) is 10.6. The molecule has 3 aromatic carbocycles. The molecule has 4 aromatic rings. The molecule has 4 nitrogen and oxygen atoms in total. The highest BCUT2D eigenvalue weighted by molar-refractivity contribution is 7.14. The molecule has 0 unspecified atom stereocenters. The van der Waals surface area contributed by atoms with Gasteiger partial charge in [0.25, 0.3) is 0 Å². The number of anilines is 1. The van der Waals surface area contributed by atoms with Crippen LogP contribution in [-0.4, -0.2) is 17.5 Å². The van der Waals surface area contributed by atoms with E-state index in [1.165, 1.54) is 27.7 Å². The van der Waals surface area contributed by atoms with Crippen LogP contribution in [0.5, 0.6) is 5.75 Å². The zero-order valence-electron chi connectivity index (χ0n) is 16.2. The summed E-state index contributed by atoms with van der Waals surface area (Å²) in [5.74, 6) is 0.678. The fourth-order valence-electron chi connectivity index (χ4n) is 3.08. The summed E-state index contributed by atoms with van der Waals surface area (Å²) in [7, 11) is 0. The van der Waals surface area contributed by atoms with Crippen molar-refractivity contribution in [3.63, 3.8) is 0 Å². The fraction of sp³-hybridized carbons (Fsp3) is 0.167. The van der Waals surface area contributed by atoms with Crippen molar-refractivity contribution in [2.75, 3.05) is 11.9 Å². The van der Waals surface area contributed by atoms with Gasteiger partial charge in [0.2, 0.25) is 5.91 Å². The molecule has 0 aliphatic carbocycles. The quantitative estimate of drug-likeness (QED) is 0.417. The van der Waals surface area contributed by atoms with Gasteiger partial charge in [0.15, 0.2) is 5.13 Å². The van der Waals surface area contributed by atoms with Crippen molar-refractivity contribution in [3.05, 3.63) is 77.7 Å². The molecule has 29 heavy (non-hydrogen) atoms. The topological polar surface area (TPSA) is 51.2 Å². The standard InChI is InChI=1S/C24H22N2O2S/c1-2-17-7-11-21(12-8-17)28-14-13-23(27)26-24-25-22(16-29-24)20-10-9-18-5-3-4-6-19(18)15-20/h3-12,15-16H,2,13-14H2,1H3,(H,25,26,27). The normalized spacial score (nSPS) is 10.8. The van der Waals surface area contributed by atoms with Gasteiger partial charge < -0.3 is 10.1 Å². The van der Waals surface area contributed by atoms with E-state index in [2.05, 4.69) is 47.6 Å². The van der Waals surface area contributed by atoms with E-state index >= 15 is 0 Å². The van der Waals surface area contributed by atoms with Crippen molar-refractivity contribution < 1.29 is 9.53 Å². The third-order valence-corrected chi connectivity index (χ3v) is 5.48. The summed E-state index contributed by atoms with van der Waals surface area (Å²) < 4.78 is 5.65. The number of nitrogens with zero attached hydrogens (tertiary/aromatic N) is 1. The Kier molecular flexibility index (Phi) is 5.86. The molecule has 0 fully saturated rings. The van der Waals surface area contributed by atoms with E-state index in [1.54, 1.807) is 0 Å². The molecule has 4 rings (SSSR count). The van der Waals surface area contributed by atoms with Crippen LogP contribution in [-0.2, 0) is 11.2 Å². The Bertz CT molecular complexity index is 1120. The van der Waals surface area contributed by atoms with Gasteiger partial charge in [-0.25, -0.2) is 4.98 Å². The van der Waals surface area contributed by atoms with Crippen LogP contribution in [0.2, 0.25) is 0 Å². The van der Waals surface area contributed by atoms with Crippen molar-refractivity contribution in [3.8, 4) is 17.0 Å². The minimum Gasteiger partial charge on any atom is -0.493 e. The number of aryl methyl sites for hydroxylation is 1. The van der Waals surface area contributed by atoms with E-state index in [0.29, 0.717) is 11.7 Å². The molecule has 0 saturated heterocycles. The van der Waals surface area contributed by atoms with Crippen LogP contribution in [0.15, 0.2) is 72.1 Å². The summed E-state index contributed by atoms with van der Waals surface area (Å²) in [5.41, 5.74) is 3.17. The molecule has 0 aliphatic rings. The smallest absolute Gasteiger partial charge is 0.229 e. The third-order valence-electron chi connectivity index (χ3n) is 4.73. The van der Waals surface area contributed by atoms with Crippen molar-refractivity contribution in [1.29, 1.82) is 0 Å². The average Bonchev–Trinajstić information content (AvgIpc) is 3.22. The molecule has 1 aromatic heterocycles. The summed E-state index contributed by atoms with van der Waals surface area (Å²) in [6, 6.07) is 22.5. The Morgan fingerprint density at radius 3 is 2.62 bits per heavy atom. The first-order valence-electron chi connectivity index (χ1n) is 9.67. The Morgan fingerprint density at radius 1 is 1.03 bits per heavy atom. The first kappa shape index (κ1) is 19.2. The lowest BCUT2D eigenvalue weighted by atomic mass is 10.1. The van der Waals surface area contributed by atoms with Gasteiger partial charge in [-0.3, -0.25) is 4.79 Å². The maximum atomic E-state index is 12.2. The molecule has 0 bridgehead atoms. The zero-order chi connectivity index (χ0) is 20.1. The zero-order valence-corrected chi connectivity index (χ0v) is 17.0. The van der Waals surface area contributed by atoms with Crippen LogP contribution in [0, 0.1) is 0 Å². The van der Waals surface area contributed by atoms with Crippen molar-refractivity contribution in [1.82, 2.24) is 4.98 Å². The van der Waals surface area contributed by atoms with Gasteiger partial charge in [-0.15, -0.1) is 11.3 Å². The average molecular weight is 403 g/mol. The first-order chi connectivity index (χ1) is 14.2. The highest BCUT2D eigenvalue weighted by Crippen LogP contribution is 2.27. The molecule has 0 radical (unpaired) electrons. The number of ether oxygens (including phenoxy) is 1. The number of hydrogen-bond donors (Lipinski definition) is 1. The van der Waals surface area contributed by atoms with Gasteiger partial charge in [0.1, 0.15) is 5.75 Å². The maximum absolute atomic E-state index is 12.2. The van der Waals surface area contributed by atoms with Gasteiger partial charge in [0, 0.05) is 10.9 Å². The number of rotatable bonds is 7. The molecule has 1 heterocycles. The molecule has 0 saturated carbocycles. The number of nitrogens with one attached hydrogen (secondary N) is 1. The fourth-order valence-corrected chi connectivity index (χ4v) is 3.81. The van der Waals surface area contributed by atoms with Gasteiger partial charge in [-0.2, -0.15) is 0 Å². The van der Waals surface area contributed by atoms with E-state index < -0.39 is 0 Å². The molecule has 1 N–H and O–H groups in total. The van der Waals surface area contributed by atoms with E-state index in [4.69, 9.17) is 4.74 Å². The van der Waals surface area contributed by atoms with E-state index in [0.717, 1.165) is 23.4 Å². The SMILES string of the molecule is CCc1ccc(OCCC(=O)Nc2nc(-c3ccc4ccccc4c3)cs2)cc1. The summed E-state index contributed by atoms with van der Waals surface area (Å²) in [4.78, 5) is 16.8. The van der Waals surface area contributed by atoms with Crippen LogP contribution in [0.1, 0.15) is 18.9 Å². The van der Waals surface area contributed by atoms with Gasteiger partial charge >= 0.3 is 0 Å². The minimum atomic E-state index is -0.102. The molecule has 146 valence electrons. The summed E-state index contributed by atoms with van der Waals surface area (Å²) >= 11 is 1.43. The van der Waals surface area contributed by atoms with Crippen molar-refractivity contribution in [2.45, 2.75) is 19.8 Å². The second kappa shape index (κ2) is 8.88. The number of aromatic nitrogens is 1. The Hall–Kier alpha value is -3.18.